The molecular formula is C11H19F3N2O. The van der Waals surface area contributed by atoms with Crippen molar-refractivity contribution in [3.05, 3.63) is 0 Å². The van der Waals surface area contributed by atoms with Gasteiger partial charge in [0.15, 0.2) is 0 Å². The van der Waals surface area contributed by atoms with Gasteiger partial charge in [0.2, 0.25) is 5.91 Å². The summed E-state index contributed by atoms with van der Waals surface area (Å²) in [5.74, 6) is -0.00740. The zero-order valence-electron chi connectivity index (χ0n) is 10.2. The number of unbranched alkanes of at least 4 members (excludes halogenated alkanes) is 1. The smallest absolute Gasteiger partial charge is 0.328 e. The van der Waals surface area contributed by atoms with E-state index >= 15 is 0 Å². The lowest BCUT2D eigenvalue weighted by molar-refractivity contribution is -0.136. The summed E-state index contributed by atoms with van der Waals surface area (Å²) in [4.78, 5) is 13.5. The van der Waals surface area contributed by atoms with Crippen molar-refractivity contribution in [1.29, 1.82) is 0 Å². The van der Waals surface area contributed by atoms with E-state index in [1.165, 1.54) is 0 Å². The molecule has 0 aliphatic carbocycles. The Morgan fingerprint density at radius 1 is 1.41 bits per heavy atom. The summed E-state index contributed by atoms with van der Waals surface area (Å²) >= 11 is 0. The average molecular weight is 252 g/mol. The molecule has 1 saturated heterocycles. The summed E-state index contributed by atoms with van der Waals surface area (Å²) < 4.78 is 35.8. The van der Waals surface area contributed by atoms with Crippen LogP contribution in [0.3, 0.4) is 0 Å². The van der Waals surface area contributed by atoms with Gasteiger partial charge in [-0.05, 0) is 26.2 Å². The van der Waals surface area contributed by atoms with Crippen LogP contribution in [-0.4, -0.2) is 35.7 Å². The fraction of sp³-hybridized carbons (Fsp3) is 0.909. The molecule has 0 bridgehead atoms. The average Bonchev–Trinajstić information content (AvgIpc) is 2.51. The minimum Gasteiger partial charge on any atom is -0.328 e. The Morgan fingerprint density at radius 2 is 2.06 bits per heavy atom. The molecule has 1 heterocycles. The molecule has 100 valence electrons. The van der Waals surface area contributed by atoms with Crippen molar-refractivity contribution in [3.8, 4) is 0 Å². The maximum absolute atomic E-state index is 11.9. The lowest BCUT2D eigenvalue weighted by Crippen LogP contribution is -2.43. The van der Waals surface area contributed by atoms with E-state index in [1.54, 1.807) is 4.90 Å². The van der Waals surface area contributed by atoms with Crippen molar-refractivity contribution in [2.45, 2.75) is 51.2 Å². The predicted molar refractivity (Wildman–Crippen MR) is 58.3 cm³/mol. The summed E-state index contributed by atoms with van der Waals surface area (Å²) in [5, 5.41) is 3.09. The maximum Gasteiger partial charge on any atom is 0.389 e. The van der Waals surface area contributed by atoms with Crippen molar-refractivity contribution >= 4 is 5.91 Å². The van der Waals surface area contributed by atoms with Crippen LogP contribution < -0.4 is 5.32 Å². The highest BCUT2D eigenvalue weighted by Gasteiger charge is 2.40. The van der Waals surface area contributed by atoms with Crippen LogP contribution in [-0.2, 0) is 4.79 Å². The molecule has 0 aromatic carbocycles. The van der Waals surface area contributed by atoms with Gasteiger partial charge in [-0.15, -0.1) is 0 Å². The number of nitrogens with zero attached hydrogens (tertiary/aromatic N) is 1. The van der Waals surface area contributed by atoms with Crippen molar-refractivity contribution in [1.82, 2.24) is 10.2 Å². The van der Waals surface area contributed by atoms with Gasteiger partial charge in [-0.1, -0.05) is 6.92 Å². The zero-order valence-corrected chi connectivity index (χ0v) is 10.2. The normalized spacial score (nSPS) is 25.7. The van der Waals surface area contributed by atoms with Gasteiger partial charge in [0.1, 0.15) is 0 Å². The largest absolute Gasteiger partial charge is 0.389 e. The highest BCUT2D eigenvalue weighted by atomic mass is 19.4. The lowest BCUT2D eigenvalue weighted by atomic mass is 9.99. The molecule has 6 heteroatoms. The lowest BCUT2D eigenvalue weighted by Gasteiger charge is -2.20. The standard InChI is InChI=1S/C11H19F3N2O/c1-3-10(2)9(17)16(8-15-10)7-5-4-6-11(12,13)14/h15H,3-8H2,1-2H3. The first kappa shape index (κ1) is 14.3. The van der Waals surface area contributed by atoms with Crippen LogP contribution in [0.2, 0.25) is 0 Å². The van der Waals surface area contributed by atoms with Crippen molar-refractivity contribution in [3.63, 3.8) is 0 Å². The van der Waals surface area contributed by atoms with Gasteiger partial charge in [-0.2, -0.15) is 13.2 Å². The molecular weight excluding hydrogens is 233 g/mol. The van der Waals surface area contributed by atoms with Gasteiger partial charge in [0.05, 0.1) is 12.2 Å². The van der Waals surface area contributed by atoms with Gasteiger partial charge < -0.3 is 4.90 Å². The molecule has 1 rings (SSSR count). The van der Waals surface area contributed by atoms with Crippen molar-refractivity contribution in [2.24, 2.45) is 0 Å². The molecule has 1 fully saturated rings. The number of amides is 1. The number of alkyl halides is 3. The molecule has 1 atom stereocenters. The molecule has 0 aromatic rings. The number of carbonyl (C=O) groups excluding carboxylic acids is 1. The van der Waals surface area contributed by atoms with Crippen LogP contribution in [0.1, 0.15) is 39.5 Å². The van der Waals surface area contributed by atoms with E-state index in [2.05, 4.69) is 5.32 Å². The zero-order chi connectivity index (χ0) is 13.1. The van der Waals surface area contributed by atoms with Gasteiger partial charge >= 0.3 is 6.18 Å². The Morgan fingerprint density at radius 3 is 2.53 bits per heavy atom. The van der Waals surface area contributed by atoms with Crippen LogP contribution in [0.4, 0.5) is 13.2 Å². The number of nitrogens with one attached hydrogen (secondary N) is 1. The number of hydrogen-bond donors (Lipinski definition) is 1. The van der Waals surface area contributed by atoms with E-state index in [-0.39, 0.29) is 12.3 Å². The number of halogens is 3. The monoisotopic (exact) mass is 252 g/mol. The summed E-state index contributed by atoms with van der Waals surface area (Å²) in [6.45, 7) is 4.58. The van der Waals surface area contributed by atoms with Gasteiger partial charge in [-0.3, -0.25) is 10.1 Å². The van der Waals surface area contributed by atoms with Crippen molar-refractivity contribution < 1.29 is 18.0 Å². The summed E-state index contributed by atoms with van der Waals surface area (Å²) in [6, 6.07) is 0. The van der Waals surface area contributed by atoms with Crippen LogP contribution in [0.25, 0.3) is 0 Å². The second-order valence-corrected chi connectivity index (χ2v) is 4.66. The molecule has 1 amide bonds. The Labute approximate surface area is 99.4 Å². The summed E-state index contributed by atoms with van der Waals surface area (Å²) in [7, 11) is 0. The molecule has 1 aliphatic heterocycles. The van der Waals surface area contributed by atoms with Crippen molar-refractivity contribution in [2.75, 3.05) is 13.2 Å². The third-order valence-electron chi connectivity index (χ3n) is 3.26. The van der Waals surface area contributed by atoms with Gasteiger partial charge in [0.25, 0.3) is 0 Å². The summed E-state index contributed by atoms with van der Waals surface area (Å²) in [5.41, 5.74) is -0.538. The minimum absolute atomic E-state index is 0.00740. The first-order chi connectivity index (χ1) is 7.78. The molecule has 0 spiro atoms. The molecule has 1 N–H and O–H groups in total. The Kier molecular flexibility index (Phi) is 4.41. The fourth-order valence-corrected chi connectivity index (χ4v) is 1.85. The second-order valence-electron chi connectivity index (χ2n) is 4.66. The third kappa shape index (κ3) is 3.87. The van der Waals surface area contributed by atoms with E-state index in [1.807, 2.05) is 13.8 Å². The van der Waals surface area contributed by atoms with Crippen LogP contribution in [0.15, 0.2) is 0 Å². The number of carbonyl (C=O) groups is 1. The maximum atomic E-state index is 11.9. The van der Waals surface area contributed by atoms with E-state index in [9.17, 15) is 18.0 Å². The molecule has 3 nitrogen and oxygen atoms in total. The molecule has 0 saturated carbocycles. The molecule has 0 radical (unpaired) electrons. The molecule has 17 heavy (non-hydrogen) atoms. The Bertz CT molecular complexity index is 280. The minimum atomic E-state index is -4.09. The molecule has 0 aromatic heterocycles. The first-order valence-corrected chi connectivity index (χ1v) is 5.89. The van der Waals surface area contributed by atoms with Crippen LogP contribution in [0.5, 0.6) is 0 Å². The highest BCUT2D eigenvalue weighted by Crippen LogP contribution is 2.23. The first-order valence-electron chi connectivity index (χ1n) is 5.89. The summed E-state index contributed by atoms with van der Waals surface area (Å²) in [6.07, 6.45) is -3.70. The number of hydrogen-bond acceptors (Lipinski definition) is 2. The molecule has 1 unspecified atom stereocenters. The van der Waals surface area contributed by atoms with E-state index in [0.29, 0.717) is 26.1 Å². The topological polar surface area (TPSA) is 32.3 Å². The van der Waals surface area contributed by atoms with E-state index in [4.69, 9.17) is 0 Å². The predicted octanol–water partition coefficient (Wildman–Crippen LogP) is 2.28. The second kappa shape index (κ2) is 5.25. The third-order valence-corrected chi connectivity index (χ3v) is 3.26. The van der Waals surface area contributed by atoms with Crippen LogP contribution >= 0.6 is 0 Å². The van der Waals surface area contributed by atoms with Crippen LogP contribution in [0, 0.1) is 0 Å². The Balaban J connectivity index is 2.28. The highest BCUT2D eigenvalue weighted by molar-refractivity contribution is 5.87. The van der Waals surface area contributed by atoms with E-state index in [0.717, 1.165) is 0 Å². The fourth-order valence-electron chi connectivity index (χ4n) is 1.85. The quantitative estimate of drug-likeness (QED) is 0.761. The van der Waals surface area contributed by atoms with Gasteiger partial charge in [0, 0.05) is 13.0 Å². The number of rotatable bonds is 5. The molecule has 1 aliphatic rings. The SMILES string of the molecule is CCC1(C)NCN(CCCCC(F)(F)F)C1=O. The van der Waals surface area contributed by atoms with Gasteiger partial charge in [-0.25, -0.2) is 0 Å². The van der Waals surface area contributed by atoms with E-state index < -0.39 is 18.1 Å². The Hall–Kier alpha value is -0.780.